The monoisotopic (exact) mass is 277 g/mol. The zero-order valence-corrected chi connectivity index (χ0v) is 11.2. The van der Waals surface area contributed by atoms with Crippen LogP contribution >= 0.6 is 0 Å². The zero-order chi connectivity index (χ0) is 13.8. The molecular weight excluding hydrogens is 261 g/mol. The molecule has 0 aliphatic carbocycles. The number of methoxy groups -OCH3 is 2. The smallest absolute Gasteiger partial charge is 0.243 e. The largest absolute Gasteiger partial charge is 0.354 e. The molecule has 0 spiro atoms. The Hall–Kier alpha value is -1.02. The molecule has 1 rings (SSSR count). The Bertz CT molecular complexity index is 488. The molecular formula is C11H16FNO4S. The van der Waals surface area contributed by atoms with E-state index >= 15 is 0 Å². The van der Waals surface area contributed by atoms with Crippen molar-refractivity contribution in [2.45, 2.75) is 24.2 Å². The minimum Gasteiger partial charge on any atom is -0.354 e. The van der Waals surface area contributed by atoms with Crippen LogP contribution in [0.15, 0.2) is 29.2 Å². The summed E-state index contributed by atoms with van der Waals surface area (Å²) in [6.45, 7) is 1.57. The van der Waals surface area contributed by atoms with Gasteiger partial charge in [0.15, 0.2) is 6.29 Å². The molecule has 18 heavy (non-hydrogen) atoms. The van der Waals surface area contributed by atoms with Crippen molar-refractivity contribution in [1.82, 2.24) is 4.72 Å². The number of nitrogens with one attached hydrogen (secondary N) is 1. The standard InChI is InChI=1S/C11H16FNO4S/c1-8(11(16-2)17-3)13-18(14,15)10-7-5-4-6-9(10)12/h4-8,11,13H,1-3H3. The van der Waals surface area contributed by atoms with E-state index in [0.29, 0.717) is 0 Å². The van der Waals surface area contributed by atoms with Gasteiger partial charge in [0.1, 0.15) is 10.7 Å². The van der Waals surface area contributed by atoms with Gasteiger partial charge in [-0.1, -0.05) is 12.1 Å². The van der Waals surface area contributed by atoms with Crippen molar-refractivity contribution in [2.24, 2.45) is 0 Å². The third-order valence-corrected chi connectivity index (χ3v) is 3.93. The van der Waals surface area contributed by atoms with E-state index in [1.165, 1.54) is 32.4 Å². The molecule has 0 aromatic heterocycles. The van der Waals surface area contributed by atoms with Gasteiger partial charge < -0.3 is 9.47 Å². The lowest BCUT2D eigenvalue weighted by molar-refractivity contribution is -0.115. The van der Waals surface area contributed by atoms with E-state index in [-0.39, 0.29) is 0 Å². The van der Waals surface area contributed by atoms with E-state index in [9.17, 15) is 12.8 Å². The Morgan fingerprint density at radius 2 is 1.78 bits per heavy atom. The summed E-state index contributed by atoms with van der Waals surface area (Å²) in [4.78, 5) is -0.400. The molecule has 0 aliphatic heterocycles. The molecule has 1 unspecified atom stereocenters. The molecule has 0 radical (unpaired) electrons. The van der Waals surface area contributed by atoms with Gasteiger partial charge in [0.2, 0.25) is 10.0 Å². The van der Waals surface area contributed by atoms with Crippen LogP contribution < -0.4 is 4.72 Å². The van der Waals surface area contributed by atoms with E-state index in [0.717, 1.165) is 6.07 Å². The number of sulfonamides is 1. The van der Waals surface area contributed by atoms with Crippen molar-refractivity contribution in [3.05, 3.63) is 30.1 Å². The van der Waals surface area contributed by atoms with Crippen molar-refractivity contribution in [2.75, 3.05) is 14.2 Å². The minimum atomic E-state index is -3.94. The first-order valence-corrected chi connectivity index (χ1v) is 6.73. The summed E-state index contributed by atoms with van der Waals surface area (Å²) in [7, 11) is -1.16. The second-order valence-corrected chi connectivity index (χ2v) is 5.36. The number of rotatable bonds is 6. The molecule has 0 saturated heterocycles. The molecule has 102 valence electrons. The number of halogens is 1. The van der Waals surface area contributed by atoms with Crippen LogP contribution in [0.5, 0.6) is 0 Å². The summed E-state index contributed by atoms with van der Waals surface area (Å²) < 4.78 is 49.5. The van der Waals surface area contributed by atoms with Crippen LogP contribution in [-0.2, 0) is 19.5 Å². The minimum absolute atomic E-state index is 0.400. The molecule has 7 heteroatoms. The van der Waals surface area contributed by atoms with Crippen LogP contribution in [0.2, 0.25) is 0 Å². The fourth-order valence-corrected chi connectivity index (χ4v) is 2.84. The average Bonchev–Trinajstić information content (AvgIpc) is 2.30. The number of benzene rings is 1. The highest BCUT2D eigenvalue weighted by molar-refractivity contribution is 7.89. The van der Waals surface area contributed by atoms with Crippen molar-refractivity contribution in [3.63, 3.8) is 0 Å². The SMILES string of the molecule is COC(OC)C(C)NS(=O)(=O)c1ccccc1F. The van der Waals surface area contributed by atoms with Crippen molar-refractivity contribution < 1.29 is 22.3 Å². The van der Waals surface area contributed by atoms with Gasteiger partial charge in [-0.2, -0.15) is 0 Å². The van der Waals surface area contributed by atoms with E-state index in [1.807, 2.05) is 0 Å². The second kappa shape index (κ2) is 6.24. The van der Waals surface area contributed by atoms with Crippen LogP contribution in [0.25, 0.3) is 0 Å². The Morgan fingerprint density at radius 3 is 2.28 bits per heavy atom. The maximum absolute atomic E-state index is 13.4. The first-order valence-electron chi connectivity index (χ1n) is 5.25. The molecule has 0 amide bonds. The predicted molar refractivity (Wildman–Crippen MR) is 64.0 cm³/mol. The summed E-state index contributed by atoms with van der Waals surface area (Å²) >= 11 is 0. The van der Waals surface area contributed by atoms with Gasteiger partial charge in [0.05, 0.1) is 6.04 Å². The summed E-state index contributed by atoms with van der Waals surface area (Å²) in [5.74, 6) is -0.802. The average molecular weight is 277 g/mol. The van der Waals surface area contributed by atoms with Crippen LogP contribution in [-0.4, -0.2) is 35.0 Å². The fourth-order valence-electron chi connectivity index (χ4n) is 1.53. The van der Waals surface area contributed by atoms with E-state index in [1.54, 1.807) is 6.92 Å². The van der Waals surface area contributed by atoms with E-state index in [2.05, 4.69) is 4.72 Å². The zero-order valence-electron chi connectivity index (χ0n) is 10.4. The second-order valence-electron chi connectivity index (χ2n) is 3.68. The first kappa shape index (κ1) is 15.0. The van der Waals surface area contributed by atoms with Gasteiger partial charge in [-0.3, -0.25) is 0 Å². The Morgan fingerprint density at radius 1 is 1.22 bits per heavy atom. The summed E-state index contributed by atoms with van der Waals surface area (Å²) in [5, 5.41) is 0. The van der Waals surface area contributed by atoms with Crippen molar-refractivity contribution >= 4 is 10.0 Å². The van der Waals surface area contributed by atoms with E-state index in [4.69, 9.17) is 9.47 Å². The molecule has 1 atom stereocenters. The van der Waals surface area contributed by atoms with Crippen LogP contribution in [0.1, 0.15) is 6.92 Å². The fraction of sp³-hybridized carbons (Fsp3) is 0.455. The van der Waals surface area contributed by atoms with Gasteiger partial charge in [-0.15, -0.1) is 0 Å². The Labute approximate surface area is 106 Å². The lowest BCUT2D eigenvalue weighted by atomic mass is 10.3. The van der Waals surface area contributed by atoms with Crippen molar-refractivity contribution in [3.8, 4) is 0 Å². The van der Waals surface area contributed by atoms with Gasteiger partial charge in [0, 0.05) is 14.2 Å². The quantitative estimate of drug-likeness (QED) is 0.791. The van der Waals surface area contributed by atoms with Gasteiger partial charge in [-0.05, 0) is 19.1 Å². The Kier molecular flexibility index (Phi) is 5.21. The topological polar surface area (TPSA) is 64.6 Å². The summed E-state index contributed by atoms with van der Waals surface area (Å²) in [6.07, 6.45) is -0.744. The molecule has 1 aromatic rings. The van der Waals surface area contributed by atoms with Crippen LogP contribution in [0.3, 0.4) is 0 Å². The molecule has 5 nitrogen and oxygen atoms in total. The van der Waals surface area contributed by atoms with Crippen LogP contribution in [0.4, 0.5) is 4.39 Å². The first-order chi connectivity index (χ1) is 8.42. The highest BCUT2D eigenvalue weighted by Gasteiger charge is 2.25. The summed E-state index contributed by atoms with van der Waals surface area (Å²) in [5.41, 5.74) is 0. The number of hydrogen-bond acceptors (Lipinski definition) is 4. The third-order valence-electron chi connectivity index (χ3n) is 2.34. The molecule has 0 aliphatic rings. The van der Waals surface area contributed by atoms with Crippen molar-refractivity contribution in [1.29, 1.82) is 0 Å². The lowest BCUT2D eigenvalue weighted by Gasteiger charge is -2.22. The highest BCUT2D eigenvalue weighted by atomic mass is 32.2. The Balaban J connectivity index is 2.93. The van der Waals surface area contributed by atoms with Gasteiger partial charge in [0.25, 0.3) is 0 Å². The molecule has 0 bridgehead atoms. The molecule has 0 heterocycles. The van der Waals surface area contributed by atoms with Gasteiger partial charge >= 0.3 is 0 Å². The molecule has 1 aromatic carbocycles. The predicted octanol–water partition coefficient (Wildman–Crippen LogP) is 1.11. The number of ether oxygens (including phenoxy) is 2. The molecule has 1 N–H and O–H groups in total. The normalized spacial score (nSPS) is 13.8. The summed E-state index contributed by atoms with van der Waals surface area (Å²) in [6, 6.07) is 4.50. The maximum atomic E-state index is 13.4. The maximum Gasteiger partial charge on any atom is 0.243 e. The van der Waals surface area contributed by atoms with E-state index < -0.39 is 33.1 Å². The van der Waals surface area contributed by atoms with Crippen LogP contribution in [0, 0.1) is 5.82 Å². The third kappa shape index (κ3) is 3.49. The number of hydrogen-bond donors (Lipinski definition) is 1. The van der Waals surface area contributed by atoms with Gasteiger partial charge in [-0.25, -0.2) is 17.5 Å². The lowest BCUT2D eigenvalue weighted by Crippen LogP contribution is -2.43. The molecule has 0 fully saturated rings. The highest BCUT2D eigenvalue weighted by Crippen LogP contribution is 2.14. The molecule has 0 saturated carbocycles.